The Hall–Kier alpha value is -1.68. The molecule has 0 radical (unpaired) electrons. The number of carbonyl (C=O) groups excluding carboxylic acids is 2. The minimum Gasteiger partial charge on any atom is -0.312 e. The van der Waals surface area contributed by atoms with Crippen LogP contribution in [0.4, 0.5) is 5.69 Å². The molecule has 4 heteroatoms. The summed E-state index contributed by atoms with van der Waals surface area (Å²) in [4.78, 5) is 26.6. The predicted molar refractivity (Wildman–Crippen MR) is 75.2 cm³/mol. The molecule has 0 spiro atoms. The number of hydrogen-bond acceptors (Lipinski definition) is 3. The van der Waals surface area contributed by atoms with E-state index in [1.807, 2.05) is 12.1 Å². The summed E-state index contributed by atoms with van der Waals surface area (Å²) >= 11 is 0. The molecular weight excluding hydrogens is 252 g/mol. The lowest BCUT2D eigenvalue weighted by Gasteiger charge is -2.32. The summed E-state index contributed by atoms with van der Waals surface area (Å²) in [5.41, 5.74) is 3.21. The second-order valence-corrected chi connectivity index (χ2v) is 6.06. The standard InChI is InChI=1S/C16H18N2O2/c19-15-11-4-5-12(8-11)16(20)18(15)14-3-1-2-10-6-7-17-9-13(10)14/h1-3,11-12,17H,4-9H2. The highest BCUT2D eigenvalue weighted by molar-refractivity contribution is 6.19. The van der Waals surface area contributed by atoms with Crippen molar-refractivity contribution in [2.24, 2.45) is 11.8 Å². The Morgan fingerprint density at radius 1 is 1.10 bits per heavy atom. The number of benzene rings is 1. The molecule has 2 unspecified atom stereocenters. The van der Waals surface area contributed by atoms with Crippen LogP contribution in [-0.2, 0) is 22.6 Å². The minimum absolute atomic E-state index is 0.0164. The van der Waals surface area contributed by atoms with E-state index in [2.05, 4.69) is 11.4 Å². The van der Waals surface area contributed by atoms with Crippen LogP contribution in [0.2, 0.25) is 0 Å². The smallest absolute Gasteiger partial charge is 0.236 e. The average molecular weight is 270 g/mol. The molecule has 2 aliphatic heterocycles. The average Bonchev–Trinajstić information content (AvgIpc) is 2.93. The summed E-state index contributed by atoms with van der Waals surface area (Å²) in [5, 5.41) is 3.34. The Bertz CT molecular complexity index is 574. The third-order valence-electron chi connectivity index (χ3n) is 4.93. The van der Waals surface area contributed by atoms with Gasteiger partial charge < -0.3 is 5.32 Å². The van der Waals surface area contributed by atoms with Crippen LogP contribution in [0.3, 0.4) is 0 Å². The van der Waals surface area contributed by atoms with Crippen LogP contribution < -0.4 is 10.2 Å². The number of rotatable bonds is 1. The van der Waals surface area contributed by atoms with Crippen molar-refractivity contribution >= 4 is 17.5 Å². The third-order valence-corrected chi connectivity index (χ3v) is 4.93. The molecule has 1 saturated carbocycles. The number of nitrogens with one attached hydrogen (secondary N) is 1. The summed E-state index contributed by atoms with van der Waals surface area (Å²) in [6.45, 7) is 1.71. The van der Waals surface area contributed by atoms with Crippen molar-refractivity contribution in [2.45, 2.75) is 32.2 Å². The summed E-state index contributed by atoms with van der Waals surface area (Å²) in [5.74, 6) is 0.153. The second kappa shape index (κ2) is 4.42. The van der Waals surface area contributed by atoms with Gasteiger partial charge in [-0.1, -0.05) is 12.1 Å². The van der Waals surface area contributed by atoms with E-state index in [4.69, 9.17) is 0 Å². The molecule has 4 nitrogen and oxygen atoms in total. The van der Waals surface area contributed by atoms with E-state index in [0.29, 0.717) is 0 Å². The van der Waals surface area contributed by atoms with Gasteiger partial charge in [0.05, 0.1) is 5.69 Å². The van der Waals surface area contributed by atoms with E-state index in [9.17, 15) is 9.59 Å². The monoisotopic (exact) mass is 270 g/mol. The Morgan fingerprint density at radius 3 is 2.60 bits per heavy atom. The maximum Gasteiger partial charge on any atom is 0.236 e. The molecule has 104 valence electrons. The van der Waals surface area contributed by atoms with Gasteiger partial charge in [-0.05, 0) is 49.4 Å². The summed E-state index contributed by atoms with van der Waals surface area (Å²) in [7, 11) is 0. The summed E-state index contributed by atoms with van der Waals surface area (Å²) in [6.07, 6.45) is 3.48. The van der Waals surface area contributed by atoms with Gasteiger partial charge in [0.15, 0.2) is 0 Å². The van der Waals surface area contributed by atoms with Crippen LogP contribution in [0.15, 0.2) is 18.2 Å². The Kier molecular flexibility index (Phi) is 2.67. The highest BCUT2D eigenvalue weighted by Crippen LogP contribution is 2.41. The van der Waals surface area contributed by atoms with E-state index in [1.165, 1.54) is 10.5 Å². The van der Waals surface area contributed by atoms with Crippen LogP contribution in [0.5, 0.6) is 0 Å². The van der Waals surface area contributed by atoms with Crippen molar-refractivity contribution in [1.82, 2.24) is 5.32 Å². The number of amides is 2. The Morgan fingerprint density at radius 2 is 1.85 bits per heavy atom. The number of piperidine rings is 1. The molecule has 2 atom stereocenters. The molecule has 4 rings (SSSR count). The maximum atomic E-state index is 12.6. The normalized spacial score (nSPS) is 28.7. The fourth-order valence-electron chi connectivity index (χ4n) is 3.85. The first-order valence-corrected chi connectivity index (χ1v) is 7.45. The Labute approximate surface area is 118 Å². The molecule has 0 aromatic heterocycles. The molecule has 1 N–H and O–H groups in total. The molecule has 20 heavy (non-hydrogen) atoms. The van der Waals surface area contributed by atoms with Gasteiger partial charge in [0, 0.05) is 18.4 Å². The first-order valence-electron chi connectivity index (χ1n) is 7.45. The van der Waals surface area contributed by atoms with Crippen LogP contribution in [-0.4, -0.2) is 18.4 Å². The minimum atomic E-state index is 0.0164. The van der Waals surface area contributed by atoms with Crippen molar-refractivity contribution in [1.29, 1.82) is 0 Å². The molecule has 3 aliphatic rings. The van der Waals surface area contributed by atoms with Crippen molar-refractivity contribution in [2.75, 3.05) is 11.4 Å². The van der Waals surface area contributed by atoms with E-state index in [1.54, 1.807) is 0 Å². The first kappa shape index (κ1) is 12.1. The second-order valence-electron chi connectivity index (χ2n) is 6.06. The molecule has 1 aromatic carbocycles. The van der Waals surface area contributed by atoms with Crippen LogP contribution in [0.1, 0.15) is 30.4 Å². The van der Waals surface area contributed by atoms with Crippen LogP contribution in [0, 0.1) is 11.8 Å². The van der Waals surface area contributed by atoms with Crippen molar-refractivity contribution in [3.8, 4) is 0 Å². The fraction of sp³-hybridized carbons (Fsp3) is 0.500. The number of hydrogen-bond donors (Lipinski definition) is 1. The zero-order valence-electron chi connectivity index (χ0n) is 11.4. The Balaban J connectivity index is 1.80. The molecule has 1 saturated heterocycles. The molecule has 2 fully saturated rings. The third kappa shape index (κ3) is 1.64. The molecule has 2 amide bonds. The lowest BCUT2D eigenvalue weighted by molar-refractivity contribution is -0.133. The fourth-order valence-corrected chi connectivity index (χ4v) is 3.85. The summed E-state index contributed by atoms with van der Waals surface area (Å²) in [6, 6.07) is 6.00. The highest BCUT2D eigenvalue weighted by Gasteiger charge is 2.46. The molecule has 1 aliphatic carbocycles. The predicted octanol–water partition coefficient (Wildman–Crippen LogP) is 1.62. The van der Waals surface area contributed by atoms with E-state index >= 15 is 0 Å². The SMILES string of the molecule is O=C1C2CCC(C2)C(=O)N1c1cccc2c1CNCC2. The highest BCUT2D eigenvalue weighted by atomic mass is 16.2. The lowest BCUT2D eigenvalue weighted by Crippen LogP contribution is -2.47. The zero-order valence-corrected chi connectivity index (χ0v) is 11.4. The molecule has 2 bridgehead atoms. The van der Waals surface area contributed by atoms with Gasteiger partial charge in [0.2, 0.25) is 11.8 Å². The topological polar surface area (TPSA) is 49.4 Å². The van der Waals surface area contributed by atoms with Gasteiger partial charge in [-0.2, -0.15) is 0 Å². The quantitative estimate of drug-likeness (QED) is 0.789. The van der Waals surface area contributed by atoms with Gasteiger partial charge in [-0.25, -0.2) is 4.90 Å². The maximum absolute atomic E-state index is 12.6. The van der Waals surface area contributed by atoms with E-state index < -0.39 is 0 Å². The zero-order chi connectivity index (χ0) is 13.7. The molecular formula is C16H18N2O2. The van der Waals surface area contributed by atoms with Gasteiger partial charge in [0.1, 0.15) is 0 Å². The number of nitrogens with zero attached hydrogens (tertiary/aromatic N) is 1. The van der Waals surface area contributed by atoms with Crippen molar-refractivity contribution in [3.63, 3.8) is 0 Å². The largest absolute Gasteiger partial charge is 0.312 e. The van der Waals surface area contributed by atoms with Gasteiger partial charge in [0.25, 0.3) is 0 Å². The van der Waals surface area contributed by atoms with E-state index in [-0.39, 0.29) is 23.7 Å². The number of carbonyl (C=O) groups is 2. The van der Waals surface area contributed by atoms with E-state index in [0.717, 1.165) is 50.0 Å². The number of fused-ring (bicyclic) bond motifs is 3. The van der Waals surface area contributed by atoms with Gasteiger partial charge >= 0.3 is 0 Å². The van der Waals surface area contributed by atoms with Gasteiger partial charge in [-0.3, -0.25) is 9.59 Å². The lowest BCUT2D eigenvalue weighted by atomic mass is 9.93. The first-order chi connectivity index (χ1) is 9.75. The number of anilines is 1. The molecule has 1 aromatic rings. The van der Waals surface area contributed by atoms with Crippen molar-refractivity contribution < 1.29 is 9.59 Å². The number of imide groups is 1. The molecule has 2 heterocycles. The van der Waals surface area contributed by atoms with Gasteiger partial charge in [-0.15, -0.1) is 0 Å². The summed E-state index contributed by atoms with van der Waals surface area (Å²) < 4.78 is 0. The van der Waals surface area contributed by atoms with Crippen molar-refractivity contribution in [3.05, 3.63) is 29.3 Å². The van der Waals surface area contributed by atoms with Crippen LogP contribution >= 0.6 is 0 Å². The van der Waals surface area contributed by atoms with Crippen LogP contribution in [0.25, 0.3) is 0 Å².